The molecule has 0 atom stereocenters. The second-order valence-corrected chi connectivity index (χ2v) is 9.32. The summed E-state index contributed by atoms with van der Waals surface area (Å²) in [6.45, 7) is 6.20. The molecule has 5 heteroatoms. The summed E-state index contributed by atoms with van der Waals surface area (Å²) >= 11 is 2.30. The minimum Gasteiger partial charge on any atom is -0.347 e. The number of carbonyl (C=O) groups excluding carboxylic acids is 1. The van der Waals surface area contributed by atoms with Gasteiger partial charge in [0.15, 0.2) is 0 Å². The van der Waals surface area contributed by atoms with Crippen LogP contribution in [-0.4, -0.2) is 21.0 Å². The standard InChI is InChI=1S/C23H24IN3O/c1-15-25-10-11-27(15)21-13-17(16-4-8-20(24)9-5-16)12-18(14-21)22(28)26-23(2,3)19-6-7-19/h4-5,8-14,19H,6-7H2,1-3H3,(H,26,28). The van der Waals surface area contributed by atoms with E-state index in [-0.39, 0.29) is 11.4 Å². The second-order valence-electron chi connectivity index (χ2n) is 8.07. The fourth-order valence-electron chi connectivity index (χ4n) is 3.61. The fourth-order valence-corrected chi connectivity index (χ4v) is 3.97. The van der Waals surface area contributed by atoms with Gasteiger partial charge < -0.3 is 9.88 Å². The molecule has 1 aliphatic carbocycles. The Morgan fingerprint density at radius 2 is 1.86 bits per heavy atom. The lowest BCUT2D eigenvalue weighted by Crippen LogP contribution is -2.45. The van der Waals surface area contributed by atoms with Crippen LogP contribution in [0.25, 0.3) is 16.8 Å². The van der Waals surface area contributed by atoms with E-state index >= 15 is 0 Å². The largest absolute Gasteiger partial charge is 0.347 e. The first-order chi connectivity index (χ1) is 13.3. The van der Waals surface area contributed by atoms with E-state index in [9.17, 15) is 4.79 Å². The van der Waals surface area contributed by atoms with Gasteiger partial charge >= 0.3 is 0 Å². The Balaban J connectivity index is 1.76. The van der Waals surface area contributed by atoms with Gasteiger partial charge in [-0.3, -0.25) is 4.79 Å². The van der Waals surface area contributed by atoms with Crippen LogP contribution < -0.4 is 5.32 Å². The summed E-state index contributed by atoms with van der Waals surface area (Å²) < 4.78 is 3.20. The van der Waals surface area contributed by atoms with Crippen molar-refractivity contribution in [3.05, 3.63) is 69.8 Å². The number of amides is 1. The third-order valence-corrected chi connectivity index (χ3v) is 6.21. The van der Waals surface area contributed by atoms with Gasteiger partial charge in [-0.15, -0.1) is 0 Å². The predicted molar refractivity (Wildman–Crippen MR) is 121 cm³/mol. The van der Waals surface area contributed by atoms with E-state index < -0.39 is 0 Å². The molecule has 0 radical (unpaired) electrons. The number of aromatic nitrogens is 2. The average Bonchev–Trinajstić information content (AvgIpc) is 3.44. The summed E-state index contributed by atoms with van der Waals surface area (Å²) in [4.78, 5) is 17.4. The zero-order chi connectivity index (χ0) is 19.9. The van der Waals surface area contributed by atoms with E-state index in [0.717, 1.165) is 22.6 Å². The number of aryl methyl sites for hydroxylation is 1. The summed E-state index contributed by atoms with van der Waals surface area (Å²) in [6, 6.07) is 14.4. The number of carbonyl (C=O) groups is 1. The van der Waals surface area contributed by atoms with Gasteiger partial charge in [0.2, 0.25) is 0 Å². The zero-order valence-electron chi connectivity index (χ0n) is 16.4. The SMILES string of the molecule is Cc1nccn1-c1cc(C(=O)NC(C)(C)C2CC2)cc(-c2ccc(I)cc2)c1. The highest BCUT2D eigenvalue weighted by Crippen LogP contribution is 2.39. The van der Waals surface area contributed by atoms with Crippen molar-refractivity contribution >= 4 is 28.5 Å². The van der Waals surface area contributed by atoms with Crippen LogP contribution in [0.3, 0.4) is 0 Å². The predicted octanol–water partition coefficient (Wildman–Crippen LogP) is 5.37. The van der Waals surface area contributed by atoms with E-state index in [2.05, 4.69) is 77.1 Å². The number of benzene rings is 2. The molecule has 0 bridgehead atoms. The van der Waals surface area contributed by atoms with Crippen LogP contribution in [0.4, 0.5) is 0 Å². The molecule has 4 rings (SSSR count). The molecular weight excluding hydrogens is 461 g/mol. The van der Waals surface area contributed by atoms with Crippen LogP contribution in [0.1, 0.15) is 42.9 Å². The topological polar surface area (TPSA) is 46.9 Å². The molecule has 3 aromatic rings. The van der Waals surface area contributed by atoms with Gasteiger partial charge in [-0.25, -0.2) is 4.98 Å². The fraction of sp³-hybridized carbons (Fsp3) is 0.304. The summed E-state index contributed by atoms with van der Waals surface area (Å²) in [6.07, 6.45) is 6.09. The molecule has 4 nitrogen and oxygen atoms in total. The summed E-state index contributed by atoms with van der Waals surface area (Å²) in [5, 5.41) is 3.24. The first-order valence-corrected chi connectivity index (χ1v) is 10.7. The minimum absolute atomic E-state index is 0.0247. The molecule has 0 aliphatic heterocycles. The lowest BCUT2D eigenvalue weighted by atomic mass is 9.97. The van der Waals surface area contributed by atoms with Crippen LogP contribution in [0.15, 0.2) is 54.9 Å². The Morgan fingerprint density at radius 3 is 2.46 bits per heavy atom. The van der Waals surface area contributed by atoms with Crippen molar-refractivity contribution < 1.29 is 4.79 Å². The number of hydrogen-bond donors (Lipinski definition) is 1. The number of nitrogens with zero attached hydrogens (tertiary/aromatic N) is 2. The normalized spacial score (nSPS) is 14.1. The number of halogens is 1. The van der Waals surface area contributed by atoms with E-state index in [1.807, 2.05) is 29.8 Å². The first-order valence-electron chi connectivity index (χ1n) is 9.57. The third kappa shape index (κ3) is 3.99. The van der Waals surface area contributed by atoms with Gasteiger partial charge in [0, 0.05) is 32.8 Å². The zero-order valence-corrected chi connectivity index (χ0v) is 18.5. The van der Waals surface area contributed by atoms with Crippen LogP contribution in [0.5, 0.6) is 0 Å². The van der Waals surface area contributed by atoms with Gasteiger partial charge in [-0.05, 0) is 104 Å². The number of nitrogens with one attached hydrogen (secondary N) is 1. The van der Waals surface area contributed by atoms with Gasteiger partial charge in [-0.2, -0.15) is 0 Å². The van der Waals surface area contributed by atoms with E-state index in [4.69, 9.17) is 0 Å². The molecule has 1 aliphatic rings. The van der Waals surface area contributed by atoms with Crippen molar-refractivity contribution in [2.24, 2.45) is 5.92 Å². The van der Waals surface area contributed by atoms with Crippen molar-refractivity contribution in [2.75, 3.05) is 0 Å². The van der Waals surface area contributed by atoms with Crippen molar-refractivity contribution in [3.63, 3.8) is 0 Å². The highest BCUT2D eigenvalue weighted by atomic mass is 127. The van der Waals surface area contributed by atoms with Gasteiger partial charge in [0.25, 0.3) is 5.91 Å². The highest BCUT2D eigenvalue weighted by Gasteiger charge is 2.38. The maximum atomic E-state index is 13.1. The summed E-state index contributed by atoms with van der Waals surface area (Å²) in [5.74, 6) is 1.44. The Labute approximate surface area is 179 Å². The number of imidazole rings is 1. The maximum Gasteiger partial charge on any atom is 0.251 e. The quantitative estimate of drug-likeness (QED) is 0.494. The van der Waals surface area contributed by atoms with Crippen LogP contribution >= 0.6 is 22.6 Å². The van der Waals surface area contributed by atoms with Crippen LogP contribution in [0, 0.1) is 16.4 Å². The molecule has 1 N–H and O–H groups in total. The van der Waals surface area contributed by atoms with E-state index in [0.29, 0.717) is 11.5 Å². The minimum atomic E-state index is -0.180. The molecular formula is C23H24IN3O. The van der Waals surface area contributed by atoms with E-state index in [1.165, 1.54) is 16.4 Å². The maximum absolute atomic E-state index is 13.1. The third-order valence-electron chi connectivity index (χ3n) is 5.50. The first kappa shape index (κ1) is 19.2. The number of hydrogen-bond acceptors (Lipinski definition) is 2. The molecule has 1 heterocycles. The lowest BCUT2D eigenvalue weighted by Gasteiger charge is -2.26. The molecule has 2 aromatic carbocycles. The van der Waals surface area contributed by atoms with E-state index in [1.54, 1.807) is 6.20 Å². The molecule has 1 saturated carbocycles. The van der Waals surface area contributed by atoms with Crippen molar-refractivity contribution in [1.29, 1.82) is 0 Å². The van der Waals surface area contributed by atoms with Crippen molar-refractivity contribution in [3.8, 4) is 16.8 Å². The van der Waals surface area contributed by atoms with Crippen molar-refractivity contribution in [1.82, 2.24) is 14.9 Å². The van der Waals surface area contributed by atoms with Crippen LogP contribution in [-0.2, 0) is 0 Å². The average molecular weight is 485 g/mol. The Hall–Kier alpha value is -2.15. The Morgan fingerprint density at radius 1 is 1.14 bits per heavy atom. The summed E-state index contributed by atoms with van der Waals surface area (Å²) in [7, 11) is 0. The Kier molecular flexibility index (Phi) is 5.04. The van der Waals surface area contributed by atoms with Gasteiger partial charge in [-0.1, -0.05) is 12.1 Å². The second kappa shape index (κ2) is 7.35. The van der Waals surface area contributed by atoms with Gasteiger partial charge in [0.1, 0.15) is 5.82 Å². The van der Waals surface area contributed by atoms with Crippen LogP contribution in [0.2, 0.25) is 0 Å². The van der Waals surface area contributed by atoms with Gasteiger partial charge in [0.05, 0.1) is 0 Å². The summed E-state index contributed by atoms with van der Waals surface area (Å²) in [5.41, 5.74) is 3.56. The molecule has 0 saturated heterocycles. The highest BCUT2D eigenvalue weighted by molar-refractivity contribution is 14.1. The molecule has 1 aromatic heterocycles. The molecule has 0 spiro atoms. The monoisotopic (exact) mass is 485 g/mol. The molecule has 28 heavy (non-hydrogen) atoms. The molecule has 1 fully saturated rings. The van der Waals surface area contributed by atoms with Crippen molar-refractivity contribution in [2.45, 2.75) is 39.2 Å². The smallest absolute Gasteiger partial charge is 0.251 e. The molecule has 144 valence electrons. The Bertz CT molecular complexity index is 1020. The molecule has 0 unspecified atom stereocenters. The number of rotatable bonds is 5. The molecule has 1 amide bonds. The lowest BCUT2D eigenvalue weighted by molar-refractivity contribution is 0.0903.